The minimum Gasteiger partial charge on any atom is -0.402 e. The number of pyridine rings is 1. The lowest BCUT2D eigenvalue weighted by atomic mass is 10.2. The smallest absolute Gasteiger partial charge is 0.402 e. The van der Waals surface area contributed by atoms with Gasteiger partial charge in [-0.25, -0.2) is 9.97 Å². The SMILES string of the molecule is C=Cn1cc(-c2cnc(N)c(OC(F)(F)F)c2)nc1C(O)C(F)(F)F.CCCF. The number of hydrogen-bond acceptors (Lipinski definition) is 5. The summed E-state index contributed by atoms with van der Waals surface area (Å²) in [6.07, 6.45) is -9.31. The van der Waals surface area contributed by atoms with E-state index in [1.54, 1.807) is 6.92 Å². The van der Waals surface area contributed by atoms with E-state index < -0.39 is 36.0 Å². The Hall–Kier alpha value is -2.83. The number of nitrogen functional groups attached to an aromatic ring is 1. The zero-order valence-corrected chi connectivity index (χ0v) is 14.9. The second-order valence-electron chi connectivity index (χ2n) is 5.36. The molecule has 0 radical (unpaired) electrons. The first-order valence-electron chi connectivity index (χ1n) is 7.87. The van der Waals surface area contributed by atoms with Crippen molar-refractivity contribution in [1.29, 1.82) is 0 Å². The van der Waals surface area contributed by atoms with Crippen molar-refractivity contribution in [2.45, 2.75) is 32.0 Å². The van der Waals surface area contributed by atoms with E-state index in [4.69, 9.17) is 5.73 Å². The third-order valence-corrected chi connectivity index (χ3v) is 3.10. The van der Waals surface area contributed by atoms with Gasteiger partial charge in [-0.1, -0.05) is 13.5 Å². The number of aliphatic hydroxyl groups is 1. The number of nitrogens with two attached hydrogens (primary N) is 1. The van der Waals surface area contributed by atoms with E-state index in [0.717, 1.165) is 29.2 Å². The molecule has 1 atom stereocenters. The first kappa shape index (κ1) is 24.2. The van der Waals surface area contributed by atoms with Crippen LogP contribution in [0.5, 0.6) is 5.75 Å². The number of anilines is 1. The molecule has 0 spiro atoms. The Morgan fingerprint density at radius 3 is 2.34 bits per heavy atom. The molecule has 0 aliphatic rings. The van der Waals surface area contributed by atoms with Gasteiger partial charge in [0.25, 0.3) is 0 Å². The van der Waals surface area contributed by atoms with Crippen LogP contribution in [0.4, 0.5) is 36.6 Å². The minimum atomic E-state index is -5.04. The highest BCUT2D eigenvalue weighted by Gasteiger charge is 2.42. The maximum atomic E-state index is 12.7. The Kier molecular flexibility index (Phi) is 8.00. The third kappa shape index (κ3) is 6.93. The first-order valence-corrected chi connectivity index (χ1v) is 7.87. The first-order chi connectivity index (χ1) is 13.3. The quantitative estimate of drug-likeness (QED) is 0.683. The number of nitrogens with zero attached hydrogens (tertiary/aromatic N) is 3. The molecule has 1 unspecified atom stereocenters. The molecule has 3 N–H and O–H groups in total. The van der Waals surface area contributed by atoms with Crippen LogP contribution in [-0.2, 0) is 0 Å². The molecule has 162 valence electrons. The van der Waals surface area contributed by atoms with Gasteiger partial charge in [0.2, 0.25) is 6.10 Å². The molecule has 0 saturated carbocycles. The second kappa shape index (κ2) is 9.58. The van der Waals surface area contributed by atoms with Gasteiger partial charge in [-0.15, -0.1) is 13.2 Å². The minimum absolute atomic E-state index is 0.107. The van der Waals surface area contributed by atoms with Gasteiger partial charge in [-0.2, -0.15) is 13.2 Å². The zero-order valence-electron chi connectivity index (χ0n) is 14.9. The molecule has 0 amide bonds. The number of halogens is 7. The third-order valence-electron chi connectivity index (χ3n) is 3.10. The summed E-state index contributed by atoms with van der Waals surface area (Å²) in [5.41, 5.74) is 4.97. The molecule has 2 aromatic rings. The van der Waals surface area contributed by atoms with Crippen LogP contribution in [0.25, 0.3) is 17.5 Å². The van der Waals surface area contributed by atoms with E-state index in [0.29, 0.717) is 6.42 Å². The summed E-state index contributed by atoms with van der Waals surface area (Å²) in [7, 11) is 0. The molecule has 0 aliphatic carbocycles. The lowest BCUT2D eigenvalue weighted by Crippen LogP contribution is -2.22. The summed E-state index contributed by atoms with van der Waals surface area (Å²) < 4.78 is 90.1. The van der Waals surface area contributed by atoms with Crippen LogP contribution in [0.1, 0.15) is 25.3 Å². The van der Waals surface area contributed by atoms with E-state index in [-0.39, 0.29) is 17.9 Å². The molecule has 0 fully saturated rings. The van der Waals surface area contributed by atoms with Gasteiger partial charge in [0.1, 0.15) is 0 Å². The molecule has 29 heavy (non-hydrogen) atoms. The van der Waals surface area contributed by atoms with Gasteiger partial charge in [-0.3, -0.25) is 4.39 Å². The van der Waals surface area contributed by atoms with Gasteiger partial charge in [0.15, 0.2) is 17.4 Å². The Morgan fingerprint density at radius 1 is 1.31 bits per heavy atom. The molecule has 2 rings (SSSR count). The summed E-state index contributed by atoms with van der Waals surface area (Å²) in [6, 6.07) is 0.815. The lowest BCUT2D eigenvalue weighted by molar-refractivity contribution is -0.274. The molecular weight excluding hydrogens is 413 g/mol. The summed E-state index contributed by atoms with van der Waals surface area (Å²) in [6.45, 7) is 4.90. The van der Waals surface area contributed by atoms with Crippen molar-refractivity contribution < 1.29 is 40.6 Å². The van der Waals surface area contributed by atoms with E-state index in [2.05, 4.69) is 21.3 Å². The number of hydrogen-bond donors (Lipinski definition) is 2. The van der Waals surface area contributed by atoms with Crippen LogP contribution in [0, 0.1) is 0 Å². The fraction of sp³-hybridized carbons (Fsp3) is 0.375. The van der Waals surface area contributed by atoms with Gasteiger partial charge >= 0.3 is 12.5 Å². The second-order valence-corrected chi connectivity index (χ2v) is 5.36. The van der Waals surface area contributed by atoms with E-state index in [1.807, 2.05) is 0 Å². The maximum absolute atomic E-state index is 12.7. The molecule has 0 aliphatic heterocycles. The standard InChI is InChI=1S/C13H10F6N4O2.C3H7F/c1-2-23-5-7(22-11(23)9(24)12(14,15)16)6-3-8(10(20)21-4-6)25-13(17,18)19;1-2-3-4/h2-5,9,24H,1H2,(H2,20,21);2-3H2,1H3. The Bertz CT molecular complexity index is 817. The van der Waals surface area contributed by atoms with Crippen molar-refractivity contribution in [2.24, 2.45) is 0 Å². The van der Waals surface area contributed by atoms with Gasteiger partial charge in [0, 0.05) is 24.2 Å². The Balaban J connectivity index is 0.000000960. The van der Waals surface area contributed by atoms with E-state index >= 15 is 0 Å². The highest BCUT2D eigenvalue weighted by Crippen LogP contribution is 2.35. The van der Waals surface area contributed by atoms with Crippen LogP contribution in [0.3, 0.4) is 0 Å². The van der Waals surface area contributed by atoms with Crippen molar-refractivity contribution in [3.05, 3.63) is 30.9 Å². The number of aliphatic hydroxyl groups excluding tert-OH is 1. The number of rotatable bonds is 5. The molecule has 0 aromatic carbocycles. The van der Waals surface area contributed by atoms with Gasteiger partial charge in [-0.05, 0) is 12.5 Å². The molecule has 2 aromatic heterocycles. The molecule has 2 heterocycles. The topological polar surface area (TPSA) is 86.2 Å². The fourth-order valence-corrected chi connectivity index (χ4v) is 1.84. The largest absolute Gasteiger partial charge is 0.573 e. The maximum Gasteiger partial charge on any atom is 0.573 e. The van der Waals surface area contributed by atoms with Crippen molar-refractivity contribution >= 4 is 12.0 Å². The normalized spacial score (nSPS) is 12.7. The van der Waals surface area contributed by atoms with Crippen LogP contribution in [0.2, 0.25) is 0 Å². The monoisotopic (exact) mass is 430 g/mol. The summed E-state index contributed by atoms with van der Waals surface area (Å²) in [5, 5.41) is 9.32. The van der Waals surface area contributed by atoms with Crippen molar-refractivity contribution in [1.82, 2.24) is 14.5 Å². The summed E-state index contributed by atoms with van der Waals surface area (Å²) in [4.78, 5) is 7.08. The molecule has 6 nitrogen and oxygen atoms in total. The highest BCUT2D eigenvalue weighted by molar-refractivity contribution is 5.64. The number of imidazole rings is 1. The predicted octanol–water partition coefficient (Wildman–Crippen LogP) is 4.49. The van der Waals surface area contributed by atoms with Crippen LogP contribution >= 0.6 is 0 Å². The zero-order chi connectivity index (χ0) is 22.4. The van der Waals surface area contributed by atoms with Crippen LogP contribution in [0.15, 0.2) is 25.0 Å². The van der Waals surface area contributed by atoms with Crippen LogP contribution in [-0.4, -0.2) is 38.9 Å². The molecule has 13 heteroatoms. The summed E-state index contributed by atoms with van der Waals surface area (Å²) in [5.74, 6) is -2.22. The van der Waals surface area contributed by atoms with Crippen LogP contribution < -0.4 is 10.5 Å². The van der Waals surface area contributed by atoms with Gasteiger partial charge < -0.3 is 20.1 Å². The number of ether oxygens (including phenoxy) is 1. The summed E-state index contributed by atoms with van der Waals surface area (Å²) >= 11 is 0. The average molecular weight is 430 g/mol. The highest BCUT2D eigenvalue weighted by atomic mass is 19.4. The molecular formula is C16H17F7N4O2. The predicted molar refractivity (Wildman–Crippen MR) is 90.2 cm³/mol. The molecule has 0 bridgehead atoms. The Morgan fingerprint density at radius 2 is 1.90 bits per heavy atom. The van der Waals surface area contributed by atoms with Crippen molar-refractivity contribution in [3.63, 3.8) is 0 Å². The lowest BCUT2D eigenvalue weighted by Gasteiger charge is -2.13. The number of alkyl halides is 7. The molecule has 0 saturated heterocycles. The average Bonchev–Trinajstić information content (AvgIpc) is 3.05. The van der Waals surface area contributed by atoms with E-state index in [1.165, 1.54) is 0 Å². The Labute approximate surface area is 160 Å². The number of aromatic nitrogens is 3. The fourth-order valence-electron chi connectivity index (χ4n) is 1.84. The van der Waals surface area contributed by atoms with E-state index in [9.17, 15) is 35.8 Å². The van der Waals surface area contributed by atoms with Crippen molar-refractivity contribution in [3.8, 4) is 17.0 Å². The van der Waals surface area contributed by atoms with Gasteiger partial charge in [0.05, 0.1) is 12.4 Å². The van der Waals surface area contributed by atoms with Crippen molar-refractivity contribution in [2.75, 3.05) is 12.4 Å².